The molecule has 6 heteroatoms. The van der Waals surface area contributed by atoms with E-state index in [0.717, 1.165) is 5.56 Å². The quantitative estimate of drug-likeness (QED) is 0.682. The van der Waals surface area contributed by atoms with Gasteiger partial charge in [0.05, 0.1) is 18.7 Å². The first-order chi connectivity index (χ1) is 9.72. The molecule has 1 aromatic carbocycles. The van der Waals surface area contributed by atoms with Crippen molar-refractivity contribution < 1.29 is 6.16 Å². The minimum atomic E-state index is -0.00873. The van der Waals surface area contributed by atoms with Gasteiger partial charge in [0.15, 0.2) is 5.11 Å². The Morgan fingerprint density at radius 2 is 2.35 bits per heavy atom. The number of nitrogens with zero attached hydrogens (tertiary/aromatic N) is 3. The monoisotopic (exact) mass is 290 g/mol. The molecule has 0 aromatic heterocycles. The predicted molar refractivity (Wildman–Crippen MR) is 83.3 cm³/mol. The highest BCUT2D eigenvalue weighted by Crippen LogP contribution is 2.18. The molecule has 0 radical (unpaired) electrons. The second kappa shape index (κ2) is 6.87. The first-order valence-corrected chi connectivity index (χ1v) is 6.81. The minimum absolute atomic E-state index is 0. The van der Waals surface area contributed by atoms with E-state index in [1.54, 1.807) is 4.90 Å². The van der Waals surface area contributed by atoms with Gasteiger partial charge in [0.1, 0.15) is 13.2 Å². The Labute approximate surface area is 125 Å². The zero-order chi connectivity index (χ0) is 14.4. The molecule has 0 saturated carbocycles. The van der Waals surface area contributed by atoms with Gasteiger partial charge in [-0.3, -0.25) is 4.90 Å². The van der Waals surface area contributed by atoms with Gasteiger partial charge < -0.3 is 10.1 Å². The molecule has 1 aliphatic heterocycles. The van der Waals surface area contributed by atoms with E-state index in [4.69, 9.17) is 22.2 Å². The Balaban J connectivity index is 0.00000220. The normalized spacial score (nSPS) is 17.4. The number of nitriles is 1. The number of ether oxygens (including phenoxy) is 1. The van der Waals surface area contributed by atoms with Crippen molar-refractivity contribution >= 4 is 23.4 Å². The third kappa shape index (κ3) is 3.45. The van der Waals surface area contributed by atoms with E-state index in [9.17, 15) is 0 Å². The second-order valence-corrected chi connectivity index (χ2v) is 4.70. The van der Waals surface area contributed by atoms with Gasteiger partial charge in [0.25, 0.3) is 6.02 Å². The molecule has 2 rings (SSSR count). The summed E-state index contributed by atoms with van der Waals surface area (Å²) in [4.78, 5) is 6.35. The van der Waals surface area contributed by atoms with Crippen molar-refractivity contribution in [3.63, 3.8) is 0 Å². The second-order valence-electron chi connectivity index (χ2n) is 4.32. The van der Waals surface area contributed by atoms with Gasteiger partial charge >= 0.3 is 0 Å². The summed E-state index contributed by atoms with van der Waals surface area (Å²) in [6.07, 6.45) is 0. The van der Waals surface area contributed by atoms with Crippen LogP contribution in [-0.4, -0.2) is 35.7 Å². The van der Waals surface area contributed by atoms with Crippen molar-refractivity contribution in [2.75, 3.05) is 19.7 Å². The number of hydrogen-bond donors (Lipinski definition) is 1. The van der Waals surface area contributed by atoms with Gasteiger partial charge in [-0.05, 0) is 24.7 Å². The molecule has 1 heterocycles. The number of benzene rings is 1. The maximum absolute atomic E-state index is 8.57. The highest BCUT2D eigenvalue weighted by Gasteiger charge is 2.24. The van der Waals surface area contributed by atoms with E-state index in [2.05, 4.69) is 10.3 Å². The van der Waals surface area contributed by atoms with Gasteiger partial charge in [-0.1, -0.05) is 30.3 Å². The van der Waals surface area contributed by atoms with Crippen molar-refractivity contribution in [3.05, 3.63) is 35.9 Å². The van der Waals surface area contributed by atoms with Crippen LogP contribution in [0.2, 0.25) is 0 Å². The summed E-state index contributed by atoms with van der Waals surface area (Å²) in [5.74, 6) is 0. The topological polar surface area (TPSA) is 60.6 Å². The summed E-state index contributed by atoms with van der Waals surface area (Å²) in [6, 6.07) is 12.5. The molecule has 1 N–H and O–H groups in total. The number of nitrogens with one attached hydrogen (secondary N) is 1. The Morgan fingerprint density at radius 3 is 3.05 bits per heavy atom. The van der Waals surface area contributed by atoms with Crippen molar-refractivity contribution in [2.24, 2.45) is 4.99 Å². The molecule has 20 heavy (non-hydrogen) atoms. The third-order valence-corrected chi connectivity index (χ3v) is 3.29. The van der Waals surface area contributed by atoms with Crippen LogP contribution in [0.4, 0.5) is 0 Å². The van der Waals surface area contributed by atoms with Crippen molar-refractivity contribution in [2.45, 2.75) is 13.0 Å². The summed E-state index contributed by atoms with van der Waals surface area (Å²) >= 11 is 5.23. The van der Waals surface area contributed by atoms with Gasteiger partial charge in [0.2, 0.25) is 0 Å². The van der Waals surface area contributed by atoms with Crippen LogP contribution in [0.3, 0.4) is 0 Å². The fraction of sp³-hybridized carbons (Fsp3) is 0.357. The van der Waals surface area contributed by atoms with E-state index in [1.807, 2.05) is 43.3 Å². The number of aliphatic imine (C=N–C) groups is 1. The fourth-order valence-corrected chi connectivity index (χ4v) is 2.12. The summed E-state index contributed by atoms with van der Waals surface area (Å²) in [6.45, 7) is 3.39. The van der Waals surface area contributed by atoms with Crippen LogP contribution < -0.4 is 5.32 Å². The lowest BCUT2D eigenvalue weighted by atomic mass is 10.1. The summed E-state index contributed by atoms with van der Waals surface area (Å²) in [5.41, 5.74) is 1.12. The lowest BCUT2D eigenvalue weighted by Crippen LogP contribution is -2.41. The van der Waals surface area contributed by atoms with Crippen molar-refractivity contribution in [1.29, 1.82) is 5.26 Å². The highest BCUT2D eigenvalue weighted by atomic mass is 32.1. The summed E-state index contributed by atoms with van der Waals surface area (Å²) in [7, 11) is 0. The molecular formula is C14H18N4OS. The number of hydrogen-bond acceptors (Lipinski definition) is 4. The van der Waals surface area contributed by atoms with Gasteiger partial charge in [-0.25, -0.2) is 4.99 Å². The Bertz CT molecular complexity index is 544. The molecule has 0 unspecified atom stereocenters. The average Bonchev–Trinajstić information content (AvgIpc) is 2.94. The molecular weight excluding hydrogens is 272 g/mol. The first-order valence-electron chi connectivity index (χ1n) is 6.40. The van der Waals surface area contributed by atoms with Crippen LogP contribution in [-0.2, 0) is 4.74 Å². The van der Waals surface area contributed by atoms with E-state index >= 15 is 0 Å². The zero-order valence-electron chi connectivity index (χ0n) is 11.2. The van der Waals surface area contributed by atoms with Crippen LogP contribution in [0, 0.1) is 11.3 Å². The van der Waals surface area contributed by atoms with Gasteiger partial charge in [-0.15, -0.1) is 0 Å². The zero-order valence-corrected chi connectivity index (χ0v) is 12.1. The SMILES string of the molecule is C[C@H](N=C1OCCN1C(=S)NCC#N)c1ccccc1.[HH]. The van der Waals surface area contributed by atoms with E-state index in [0.29, 0.717) is 24.3 Å². The Morgan fingerprint density at radius 1 is 1.60 bits per heavy atom. The number of rotatable bonds is 3. The molecule has 0 bridgehead atoms. The molecule has 1 saturated heterocycles. The summed E-state index contributed by atoms with van der Waals surface area (Å²) < 4.78 is 5.52. The van der Waals surface area contributed by atoms with Crippen LogP contribution in [0.1, 0.15) is 20.0 Å². The average molecular weight is 290 g/mol. The van der Waals surface area contributed by atoms with Gasteiger partial charge in [-0.2, -0.15) is 5.26 Å². The molecule has 106 valence electrons. The molecule has 1 aliphatic rings. The standard InChI is InChI=1S/C14H16N4OS.H2/c1-11(12-5-3-2-4-6-12)17-13-18(9-10-19-13)14(20)16-8-7-15;/h2-6,11H,8-10H2,1H3,(H,16,20);1H/t11-;/m0./s1. The van der Waals surface area contributed by atoms with Crippen LogP contribution >= 0.6 is 12.2 Å². The minimum Gasteiger partial charge on any atom is -0.463 e. The lowest BCUT2D eigenvalue weighted by molar-refractivity contribution is 0.349. The fourth-order valence-electron chi connectivity index (χ4n) is 1.88. The Hall–Kier alpha value is -2.13. The van der Waals surface area contributed by atoms with E-state index < -0.39 is 0 Å². The molecule has 1 atom stereocenters. The van der Waals surface area contributed by atoms with Gasteiger partial charge in [0, 0.05) is 1.43 Å². The van der Waals surface area contributed by atoms with Crippen LogP contribution in [0.15, 0.2) is 35.3 Å². The number of amidine groups is 1. The molecule has 1 fully saturated rings. The van der Waals surface area contributed by atoms with Crippen molar-refractivity contribution in [1.82, 2.24) is 10.2 Å². The number of thiocarbonyl (C=S) groups is 1. The molecule has 0 amide bonds. The van der Waals surface area contributed by atoms with Crippen LogP contribution in [0.25, 0.3) is 0 Å². The third-order valence-electron chi connectivity index (χ3n) is 2.93. The molecule has 1 aromatic rings. The first kappa shape index (κ1) is 14.3. The summed E-state index contributed by atoms with van der Waals surface area (Å²) in [5, 5.41) is 11.9. The van der Waals surface area contributed by atoms with Crippen LogP contribution in [0.5, 0.6) is 0 Å². The maximum atomic E-state index is 8.57. The Kier molecular flexibility index (Phi) is 4.91. The lowest BCUT2D eigenvalue weighted by Gasteiger charge is -2.18. The predicted octanol–water partition coefficient (Wildman–Crippen LogP) is 2.08. The smallest absolute Gasteiger partial charge is 0.294 e. The maximum Gasteiger partial charge on any atom is 0.294 e. The van der Waals surface area contributed by atoms with E-state index in [1.165, 1.54) is 0 Å². The molecule has 5 nitrogen and oxygen atoms in total. The van der Waals surface area contributed by atoms with E-state index in [-0.39, 0.29) is 14.0 Å². The molecule has 0 aliphatic carbocycles. The van der Waals surface area contributed by atoms with Crippen molar-refractivity contribution in [3.8, 4) is 6.07 Å². The highest BCUT2D eigenvalue weighted by molar-refractivity contribution is 7.80. The molecule has 0 spiro atoms. The largest absolute Gasteiger partial charge is 0.463 e.